The van der Waals surface area contributed by atoms with Crippen LogP contribution < -0.4 is 0 Å². The van der Waals surface area contributed by atoms with Crippen LogP contribution in [0.5, 0.6) is 0 Å². The van der Waals surface area contributed by atoms with E-state index in [0.29, 0.717) is 12.8 Å². The van der Waals surface area contributed by atoms with E-state index in [1.807, 2.05) is 6.92 Å². The molecule has 0 heterocycles. The molecule has 0 amide bonds. The van der Waals surface area contributed by atoms with Crippen molar-refractivity contribution in [3.05, 3.63) is 12.7 Å². The Morgan fingerprint density at radius 2 is 2.20 bits per heavy atom. The maximum absolute atomic E-state index is 9.27. The molecule has 0 aliphatic carbocycles. The summed E-state index contributed by atoms with van der Waals surface area (Å²) in [7, 11) is 0. The zero-order valence-corrected chi connectivity index (χ0v) is 6.45. The summed E-state index contributed by atoms with van der Waals surface area (Å²) in [6, 6.07) is 0. The molecular formula is C8H16O2. The zero-order chi connectivity index (χ0) is 7.98. The van der Waals surface area contributed by atoms with Crippen LogP contribution in [0.15, 0.2) is 12.7 Å². The highest BCUT2D eigenvalue weighted by molar-refractivity contribution is 4.80. The van der Waals surface area contributed by atoms with Gasteiger partial charge in [-0.05, 0) is 18.8 Å². The lowest BCUT2D eigenvalue weighted by atomic mass is 10.0. The Labute approximate surface area is 62.2 Å². The number of rotatable bonds is 5. The first-order chi connectivity index (χ1) is 4.72. The molecule has 0 aliphatic heterocycles. The maximum atomic E-state index is 9.27. The lowest BCUT2D eigenvalue weighted by Crippen LogP contribution is -2.15. The predicted octanol–water partition coefficient (Wildman–Crippen LogP) is 0.942. The van der Waals surface area contributed by atoms with E-state index in [2.05, 4.69) is 6.58 Å². The fraction of sp³-hybridized carbons (Fsp3) is 0.750. The molecule has 2 atom stereocenters. The number of aliphatic hydroxyl groups is 2. The molecule has 0 aromatic heterocycles. The van der Waals surface area contributed by atoms with Gasteiger partial charge in [0, 0.05) is 6.61 Å². The smallest absolute Gasteiger partial charge is 0.0600 e. The van der Waals surface area contributed by atoms with Crippen LogP contribution in [0, 0.1) is 5.92 Å². The Morgan fingerprint density at radius 3 is 2.60 bits per heavy atom. The van der Waals surface area contributed by atoms with Crippen molar-refractivity contribution in [1.82, 2.24) is 0 Å². The normalized spacial score (nSPS) is 16.3. The molecule has 0 aliphatic rings. The van der Waals surface area contributed by atoms with Crippen LogP contribution in [0.4, 0.5) is 0 Å². The van der Waals surface area contributed by atoms with E-state index < -0.39 is 0 Å². The Balaban J connectivity index is 3.40. The van der Waals surface area contributed by atoms with Crippen molar-refractivity contribution in [1.29, 1.82) is 0 Å². The van der Waals surface area contributed by atoms with Crippen molar-refractivity contribution in [3.8, 4) is 0 Å². The van der Waals surface area contributed by atoms with E-state index in [9.17, 15) is 5.11 Å². The van der Waals surface area contributed by atoms with E-state index in [0.717, 1.165) is 0 Å². The van der Waals surface area contributed by atoms with Crippen LogP contribution in [0.1, 0.15) is 19.8 Å². The van der Waals surface area contributed by atoms with Crippen LogP contribution in [0.3, 0.4) is 0 Å². The monoisotopic (exact) mass is 144 g/mol. The van der Waals surface area contributed by atoms with E-state index in [4.69, 9.17) is 5.11 Å². The average molecular weight is 144 g/mol. The van der Waals surface area contributed by atoms with Crippen LogP contribution in [-0.4, -0.2) is 22.9 Å². The van der Waals surface area contributed by atoms with Gasteiger partial charge in [-0.1, -0.05) is 13.0 Å². The second kappa shape index (κ2) is 5.45. The lowest BCUT2D eigenvalue weighted by molar-refractivity contribution is 0.117. The molecule has 60 valence electrons. The Kier molecular flexibility index (Phi) is 5.26. The molecule has 0 rings (SSSR count). The fourth-order valence-corrected chi connectivity index (χ4v) is 0.720. The van der Waals surface area contributed by atoms with Crippen LogP contribution in [0.25, 0.3) is 0 Å². The summed E-state index contributed by atoms with van der Waals surface area (Å²) < 4.78 is 0. The van der Waals surface area contributed by atoms with Gasteiger partial charge in [0.25, 0.3) is 0 Å². The third kappa shape index (κ3) is 3.64. The van der Waals surface area contributed by atoms with Gasteiger partial charge in [-0.3, -0.25) is 0 Å². The van der Waals surface area contributed by atoms with Crippen LogP contribution >= 0.6 is 0 Å². The molecule has 0 saturated carbocycles. The summed E-state index contributed by atoms with van der Waals surface area (Å²) in [4.78, 5) is 0. The highest BCUT2D eigenvalue weighted by Gasteiger charge is 2.08. The van der Waals surface area contributed by atoms with Crippen molar-refractivity contribution in [3.63, 3.8) is 0 Å². The predicted molar refractivity (Wildman–Crippen MR) is 41.7 cm³/mol. The van der Waals surface area contributed by atoms with Gasteiger partial charge >= 0.3 is 0 Å². The summed E-state index contributed by atoms with van der Waals surface area (Å²) in [5.74, 6) is 0.131. The molecule has 2 nitrogen and oxygen atoms in total. The first-order valence-electron chi connectivity index (χ1n) is 3.63. The molecular weight excluding hydrogens is 128 g/mol. The molecule has 0 spiro atoms. The van der Waals surface area contributed by atoms with Crippen molar-refractivity contribution in [2.24, 2.45) is 5.92 Å². The van der Waals surface area contributed by atoms with Gasteiger partial charge in [0.1, 0.15) is 0 Å². The standard InChI is InChI=1S/C8H16O2/c1-3-7(2)8(10)5-4-6-9/h3,7-10H,1,4-6H2,2H3/t7-,8+/m0/s1. The third-order valence-electron chi connectivity index (χ3n) is 1.64. The van der Waals surface area contributed by atoms with Gasteiger partial charge in [-0.2, -0.15) is 0 Å². The second-order valence-corrected chi connectivity index (χ2v) is 2.53. The fourth-order valence-electron chi connectivity index (χ4n) is 0.720. The zero-order valence-electron chi connectivity index (χ0n) is 6.45. The second-order valence-electron chi connectivity index (χ2n) is 2.53. The summed E-state index contributed by atoms with van der Waals surface area (Å²) in [6.07, 6.45) is 2.70. The van der Waals surface area contributed by atoms with E-state index in [-0.39, 0.29) is 18.6 Å². The summed E-state index contributed by atoms with van der Waals surface area (Å²) in [5.41, 5.74) is 0. The van der Waals surface area contributed by atoms with Crippen molar-refractivity contribution >= 4 is 0 Å². The Morgan fingerprint density at radius 1 is 1.60 bits per heavy atom. The number of hydrogen-bond donors (Lipinski definition) is 2. The van der Waals surface area contributed by atoms with Gasteiger partial charge < -0.3 is 10.2 Å². The summed E-state index contributed by atoms with van der Waals surface area (Å²) in [6.45, 7) is 5.63. The van der Waals surface area contributed by atoms with Crippen molar-refractivity contribution in [2.75, 3.05) is 6.61 Å². The lowest BCUT2D eigenvalue weighted by Gasteiger charge is -2.13. The molecule has 0 aromatic carbocycles. The quantitative estimate of drug-likeness (QED) is 0.564. The minimum atomic E-state index is -0.343. The van der Waals surface area contributed by atoms with E-state index >= 15 is 0 Å². The maximum Gasteiger partial charge on any atom is 0.0600 e. The molecule has 10 heavy (non-hydrogen) atoms. The molecule has 0 saturated heterocycles. The highest BCUT2D eigenvalue weighted by Crippen LogP contribution is 2.08. The molecule has 0 unspecified atom stereocenters. The minimum Gasteiger partial charge on any atom is -0.396 e. The van der Waals surface area contributed by atoms with Gasteiger partial charge in [-0.15, -0.1) is 6.58 Å². The van der Waals surface area contributed by atoms with Crippen molar-refractivity contribution in [2.45, 2.75) is 25.9 Å². The molecule has 0 aromatic rings. The van der Waals surface area contributed by atoms with Gasteiger partial charge in [0.05, 0.1) is 6.10 Å². The highest BCUT2D eigenvalue weighted by atomic mass is 16.3. The summed E-state index contributed by atoms with van der Waals surface area (Å²) >= 11 is 0. The molecule has 2 heteroatoms. The molecule has 0 fully saturated rings. The van der Waals surface area contributed by atoms with Gasteiger partial charge in [0.15, 0.2) is 0 Å². The molecule has 0 radical (unpaired) electrons. The van der Waals surface area contributed by atoms with E-state index in [1.165, 1.54) is 0 Å². The topological polar surface area (TPSA) is 40.5 Å². The number of aliphatic hydroxyl groups excluding tert-OH is 2. The molecule has 2 N–H and O–H groups in total. The van der Waals surface area contributed by atoms with Crippen LogP contribution in [0.2, 0.25) is 0 Å². The van der Waals surface area contributed by atoms with E-state index in [1.54, 1.807) is 6.08 Å². The Bertz CT molecular complexity index is 91.3. The van der Waals surface area contributed by atoms with Gasteiger partial charge in [-0.25, -0.2) is 0 Å². The third-order valence-corrected chi connectivity index (χ3v) is 1.64. The largest absolute Gasteiger partial charge is 0.396 e. The van der Waals surface area contributed by atoms with Gasteiger partial charge in [0.2, 0.25) is 0 Å². The summed E-state index contributed by atoms with van der Waals surface area (Å²) in [5, 5.41) is 17.7. The number of hydrogen-bond acceptors (Lipinski definition) is 2. The van der Waals surface area contributed by atoms with Crippen LogP contribution in [-0.2, 0) is 0 Å². The first kappa shape index (κ1) is 9.66. The minimum absolute atomic E-state index is 0.131. The average Bonchev–Trinajstić information content (AvgIpc) is 1.98. The van der Waals surface area contributed by atoms with Crippen molar-refractivity contribution < 1.29 is 10.2 Å². The Hall–Kier alpha value is -0.340. The molecule has 0 bridgehead atoms. The SMILES string of the molecule is C=C[C@H](C)[C@H](O)CCCO. The first-order valence-corrected chi connectivity index (χ1v) is 3.63.